The number of aryl methyl sites for hydroxylation is 1. The first-order valence-electron chi connectivity index (χ1n) is 5.06. The molecule has 86 valence electrons. The van der Waals surface area contributed by atoms with Crippen LogP contribution in [0.15, 0.2) is 12.4 Å². The Hall–Kier alpha value is -1.80. The van der Waals surface area contributed by atoms with E-state index in [4.69, 9.17) is 12.2 Å². The maximum Gasteiger partial charge on any atom is 0.244 e. The number of carbonyl (C=O) groups excluding carboxylic acids is 1. The van der Waals surface area contributed by atoms with E-state index in [1.807, 2.05) is 6.92 Å². The SMILES string of the molecule is C#CCN(CC)C(=O)C(N)c1cnn(C)c1. The molecule has 5 nitrogen and oxygen atoms in total. The highest BCUT2D eigenvalue weighted by Crippen LogP contribution is 2.11. The molecule has 0 aliphatic heterocycles. The van der Waals surface area contributed by atoms with Crippen molar-refractivity contribution < 1.29 is 4.79 Å². The summed E-state index contributed by atoms with van der Waals surface area (Å²) in [6, 6.07) is -0.693. The molecule has 1 heterocycles. The fraction of sp³-hybridized carbons (Fsp3) is 0.455. The molecule has 0 saturated carbocycles. The number of carbonyl (C=O) groups is 1. The molecule has 0 aliphatic rings. The fourth-order valence-electron chi connectivity index (χ4n) is 1.40. The van der Waals surface area contributed by atoms with Gasteiger partial charge in [-0.05, 0) is 6.92 Å². The zero-order valence-electron chi connectivity index (χ0n) is 9.55. The average Bonchev–Trinajstić information content (AvgIpc) is 2.70. The topological polar surface area (TPSA) is 64.2 Å². The molecule has 0 aliphatic carbocycles. The van der Waals surface area contributed by atoms with Crippen LogP contribution in [-0.4, -0.2) is 33.7 Å². The predicted molar refractivity (Wildman–Crippen MR) is 61.2 cm³/mol. The number of amides is 1. The highest BCUT2D eigenvalue weighted by molar-refractivity contribution is 5.83. The second-order valence-electron chi connectivity index (χ2n) is 3.48. The van der Waals surface area contributed by atoms with Crippen molar-refractivity contribution in [2.75, 3.05) is 13.1 Å². The fourth-order valence-corrected chi connectivity index (χ4v) is 1.40. The zero-order chi connectivity index (χ0) is 12.1. The van der Waals surface area contributed by atoms with Gasteiger partial charge in [-0.25, -0.2) is 0 Å². The Balaban J connectivity index is 2.77. The van der Waals surface area contributed by atoms with E-state index < -0.39 is 6.04 Å². The van der Waals surface area contributed by atoms with E-state index in [0.717, 1.165) is 0 Å². The Kier molecular flexibility index (Phi) is 4.09. The van der Waals surface area contributed by atoms with Gasteiger partial charge in [-0.1, -0.05) is 5.92 Å². The van der Waals surface area contributed by atoms with E-state index >= 15 is 0 Å². The van der Waals surface area contributed by atoms with Crippen LogP contribution in [0.1, 0.15) is 18.5 Å². The Morgan fingerprint density at radius 3 is 2.94 bits per heavy atom. The first kappa shape index (κ1) is 12.3. The maximum atomic E-state index is 11.9. The summed E-state index contributed by atoms with van der Waals surface area (Å²) in [7, 11) is 1.78. The van der Waals surface area contributed by atoms with E-state index in [0.29, 0.717) is 12.1 Å². The van der Waals surface area contributed by atoms with Gasteiger partial charge in [0.1, 0.15) is 6.04 Å². The van der Waals surface area contributed by atoms with E-state index in [1.165, 1.54) is 4.90 Å². The minimum absolute atomic E-state index is 0.173. The summed E-state index contributed by atoms with van der Waals surface area (Å²) in [4.78, 5) is 13.5. The van der Waals surface area contributed by atoms with Gasteiger partial charge in [0.15, 0.2) is 0 Å². The molecule has 1 aromatic rings. The van der Waals surface area contributed by atoms with Gasteiger partial charge in [-0.3, -0.25) is 9.48 Å². The van der Waals surface area contributed by atoms with E-state index in [9.17, 15) is 4.79 Å². The van der Waals surface area contributed by atoms with Gasteiger partial charge in [-0.15, -0.1) is 6.42 Å². The smallest absolute Gasteiger partial charge is 0.244 e. The molecule has 16 heavy (non-hydrogen) atoms. The van der Waals surface area contributed by atoms with Crippen LogP contribution in [0.2, 0.25) is 0 Å². The van der Waals surface area contributed by atoms with Gasteiger partial charge in [0.2, 0.25) is 5.91 Å². The molecule has 0 saturated heterocycles. The summed E-state index contributed by atoms with van der Waals surface area (Å²) in [5.41, 5.74) is 6.54. The molecule has 1 unspecified atom stereocenters. The van der Waals surface area contributed by atoms with Gasteiger partial charge < -0.3 is 10.6 Å². The lowest BCUT2D eigenvalue weighted by Gasteiger charge is -2.21. The van der Waals surface area contributed by atoms with Crippen LogP contribution in [0.25, 0.3) is 0 Å². The largest absolute Gasteiger partial charge is 0.330 e. The number of terminal acetylenes is 1. The van der Waals surface area contributed by atoms with Gasteiger partial charge >= 0.3 is 0 Å². The molecule has 0 spiro atoms. The van der Waals surface area contributed by atoms with Crippen molar-refractivity contribution >= 4 is 5.91 Å². The van der Waals surface area contributed by atoms with Crippen molar-refractivity contribution in [3.8, 4) is 12.3 Å². The number of likely N-dealkylation sites (N-methyl/N-ethyl adjacent to an activating group) is 1. The summed E-state index contributed by atoms with van der Waals surface area (Å²) in [5, 5.41) is 3.98. The summed E-state index contributed by atoms with van der Waals surface area (Å²) in [5.74, 6) is 2.27. The number of aromatic nitrogens is 2. The van der Waals surface area contributed by atoms with Crippen molar-refractivity contribution in [3.05, 3.63) is 18.0 Å². The quantitative estimate of drug-likeness (QED) is 0.721. The molecule has 1 aromatic heterocycles. The third-order valence-electron chi connectivity index (χ3n) is 2.33. The van der Waals surface area contributed by atoms with Crippen LogP contribution < -0.4 is 5.73 Å². The number of nitrogens with zero attached hydrogens (tertiary/aromatic N) is 3. The Labute approximate surface area is 95.2 Å². The first-order chi connectivity index (χ1) is 7.60. The molecule has 1 rings (SSSR count). The van der Waals surface area contributed by atoms with Gasteiger partial charge in [-0.2, -0.15) is 5.10 Å². The molecule has 5 heteroatoms. The highest BCUT2D eigenvalue weighted by atomic mass is 16.2. The molecule has 1 atom stereocenters. The number of rotatable bonds is 4. The standard InChI is InChI=1S/C11H16N4O/c1-4-6-15(5-2)11(16)10(12)9-7-13-14(3)8-9/h1,7-8,10H,5-6,12H2,2-3H3. The minimum atomic E-state index is -0.693. The maximum absolute atomic E-state index is 11.9. The third kappa shape index (κ3) is 2.61. The van der Waals surface area contributed by atoms with Crippen LogP contribution in [0, 0.1) is 12.3 Å². The molecule has 0 radical (unpaired) electrons. The van der Waals surface area contributed by atoms with Gasteiger partial charge in [0.05, 0.1) is 12.7 Å². The lowest BCUT2D eigenvalue weighted by atomic mass is 10.1. The lowest BCUT2D eigenvalue weighted by molar-refractivity contribution is -0.131. The Bertz CT molecular complexity index is 404. The number of nitrogens with two attached hydrogens (primary N) is 1. The second kappa shape index (κ2) is 5.33. The van der Waals surface area contributed by atoms with Crippen LogP contribution >= 0.6 is 0 Å². The first-order valence-corrected chi connectivity index (χ1v) is 5.06. The van der Waals surface area contributed by atoms with E-state index in [1.54, 1.807) is 24.1 Å². The highest BCUT2D eigenvalue weighted by Gasteiger charge is 2.21. The van der Waals surface area contributed by atoms with Gasteiger partial charge in [0, 0.05) is 25.4 Å². The van der Waals surface area contributed by atoms with Crippen LogP contribution in [0.5, 0.6) is 0 Å². The van der Waals surface area contributed by atoms with E-state index in [-0.39, 0.29) is 12.5 Å². The monoisotopic (exact) mass is 220 g/mol. The van der Waals surface area contributed by atoms with Crippen molar-refractivity contribution in [1.29, 1.82) is 0 Å². The normalized spacial score (nSPS) is 11.9. The van der Waals surface area contributed by atoms with Crippen LogP contribution in [0.4, 0.5) is 0 Å². The molecular formula is C11H16N4O. The molecule has 0 fully saturated rings. The predicted octanol–water partition coefficient (Wildman–Crippen LogP) is -0.0984. The second-order valence-corrected chi connectivity index (χ2v) is 3.48. The lowest BCUT2D eigenvalue weighted by Crippen LogP contribution is -2.38. The van der Waals surface area contributed by atoms with E-state index in [2.05, 4.69) is 11.0 Å². The van der Waals surface area contributed by atoms with Crippen molar-refractivity contribution in [3.63, 3.8) is 0 Å². The third-order valence-corrected chi connectivity index (χ3v) is 2.33. The average molecular weight is 220 g/mol. The van der Waals surface area contributed by atoms with Crippen molar-refractivity contribution in [2.45, 2.75) is 13.0 Å². The molecule has 1 amide bonds. The number of hydrogen-bond donors (Lipinski definition) is 1. The molecular weight excluding hydrogens is 204 g/mol. The Morgan fingerprint density at radius 2 is 2.50 bits per heavy atom. The minimum Gasteiger partial charge on any atom is -0.330 e. The summed E-state index contributed by atoms with van der Waals surface area (Å²) in [6.07, 6.45) is 8.50. The van der Waals surface area contributed by atoms with Crippen molar-refractivity contribution in [1.82, 2.24) is 14.7 Å². The van der Waals surface area contributed by atoms with Crippen molar-refractivity contribution in [2.24, 2.45) is 12.8 Å². The molecule has 0 aromatic carbocycles. The summed E-state index contributed by atoms with van der Waals surface area (Å²) < 4.78 is 1.61. The Morgan fingerprint density at radius 1 is 1.81 bits per heavy atom. The summed E-state index contributed by atoms with van der Waals surface area (Å²) in [6.45, 7) is 2.70. The summed E-state index contributed by atoms with van der Waals surface area (Å²) >= 11 is 0. The van der Waals surface area contributed by atoms with Crippen LogP contribution in [0.3, 0.4) is 0 Å². The number of hydrogen-bond acceptors (Lipinski definition) is 3. The molecule has 0 bridgehead atoms. The van der Waals surface area contributed by atoms with Crippen LogP contribution in [-0.2, 0) is 11.8 Å². The van der Waals surface area contributed by atoms with Gasteiger partial charge in [0.25, 0.3) is 0 Å². The zero-order valence-corrected chi connectivity index (χ0v) is 9.55. The molecule has 2 N–H and O–H groups in total.